The molecule has 0 atom stereocenters. The van der Waals surface area contributed by atoms with Crippen LogP contribution in [0.15, 0.2) is 18.2 Å². The van der Waals surface area contributed by atoms with Gasteiger partial charge in [-0.25, -0.2) is 0 Å². The van der Waals surface area contributed by atoms with E-state index in [2.05, 4.69) is 17.9 Å². The van der Waals surface area contributed by atoms with Crippen LogP contribution in [0.1, 0.15) is 17.5 Å². The van der Waals surface area contributed by atoms with E-state index < -0.39 is 17.6 Å². The number of halogens is 3. The van der Waals surface area contributed by atoms with Crippen LogP contribution in [-0.4, -0.2) is 11.7 Å². The molecule has 0 saturated carbocycles. The number of anilines is 1. The van der Waals surface area contributed by atoms with Gasteiger partial charge >= 0.3 is 6.18 Å². The number of nitrogens with zero attached hydrogens (tertiary/aromatic N) is 1. The highest BCUT2D eigenvalue weighted by atomic mass is 32.1. The number of benzene rings is 1. The predicted octanol–water partition coefficient (Wildman–Crippen LogP) is 2.84. The van der Waals surface area contributed by atoms with Crippen molar-refractivity contribution in [3.63, 3.8) is 0 Å². The minimum Gasteiger partial charge on any atom is -0.325 e. The maximum atomic E-state index is 12.4. The fraction of sp³-hybridized carbons (Fsp3) is 0.273. The lowest BCUT2D eigenvalue weighted by Crippen LogP contribution is -2.13. The van der Waals surface area contributed by atoms with Crippen molar-refractivity contribution in [3.8, 4) is 6.07 Å². The first kappa shape index (κ1) is 14.4. The summed E-state index contributed by atoms with van der Waals surface area (Å²) in [6, 6.07) is 4.21. The van der Waals surface area contributed by atoms with Crippen LogP contribution in [0, 0.1) is 11.3 Å². The van der Waals surface area contributed by atoms with Gasteiger partial charge in [0.25, 0.3) is 0 Å². The molecule has 0 aliphatic heterocycles. The Bertz CT molecular complexity index is 494. The summed E-state index contributed by atoms with van der Waals surface area (Å²) in [5.41, 5.74) is -1.08. The molecule has 1 amide bonds. The molecule has 1 rings (SSSR count). The standard InChI is InChI=1S/C11H9F3N2OS/c12-11(13,14)8-1-2-9(7(5-8)6-15)16-10(17)3-4-18/h1-2,5,18H,3-4H2,(H,16,17). The van der Waals surface area contributed by atoms with E-state index in [1.807, 2.05) is 0 Å². The van der Waals surface area contributed by atoms with Gasteiger partial charge in [0.05, 0.1) is 16.8 Å². The topological polar surface area (TPSA) is 52.9 Å². The van der Waals surface area contributed by atoms with Crippen molar-refractivity contribution < 1.29 is 18.0 Å². The number of rotatable bonds is 3. The first-order valence-corrected chi connectivity index (χ1v) is 5.53. The van der Waals surface area contributed by atoms with Gasteiger partial charge in [-0.3, -0.25) is 4.79 Å². The summed E-state index contributed by atoms with van der Waals surface area (Å²) in [4.78, 5) is 11.3. The molecule has 1 N–H and O–H groups in total. The highest BCUT2D eigenvalue weighted by Crippen LogP contribution is 2.31. The average molecular weight is 274 g/mol. The Labute approximate surface area is 107 Å². The van der Waals surface area contributed by atoms with E-state index in [0.29, 0.717) is 11.8 Å². The Hall–Kier alpha value is -1.68. The zero-order valence-corrected chi connectivity index (χ0v) is 9.98. The zero-order chi connectivity index (χ0) is 13.8. The number of hydrogen-bond acceptors (Lipinski definition) is 3. The van der Waals surface area contributed by atoms with Crippen LogP contribution in [0.4, 0.5) is 18.9 Å². The number of amides is 1. The maximum absolute atomic E-state index is 12.4. The lowest BCUT2D eigenvalue weighted by molar-refractivity contribution is -0.137. The van der Waals surface area contributed by atoms with E-state index >= 15 is 0 Å². The van der Waals surface area contributed by atoms with Crippen LogP contribution in [-0.2, 0) is 11.0 Å². The zero-order valence-electron chi connectivity index (χ0n) is 9.08. The number of carbonyl (C=O) groups excluding carboxylic acids is 1. The van der Waals surface area contributed by atoms with Crippen molar-refractivity contribution in [1.82, 2.24) is 0 Å². The van der Waals surface area contributed by atoms with E-state index in [9.17, 15) is 18.0 Å². The van der Waals surface area contributed by atoms with Crippen molar-refractivity contribution in [2.24, 2.45) is 0 Å². The Kier molecular flexibility index (Phi) is 4.62. The molecule has 0 aliphatic carbocycles. The molecule has 1 aromatic rings. The first-order valence-electron chi connectivity index (χ1n) is 4.90. The minimum absolute atomic E-state index is 0.0669. The number of alkyl halides is 3. The number of nitriles is 1. The van der Waals surface area contributed by atoms with Gasteiger partial charge in [-0.05, 0) is 24.0 Å². The minimum atomic E-state index is -4.51. The summed E-state index contributed by atoms with van der Waals surface area (Å²) >= 11 is 3.85. The Morgan fingerprint density at radius 3 is 2.61 bits per heavy atom. The van der Waals surface area contributed by atoms with Crippen molar-refractivity contribution in [2.75, 3.05) is 11.1 Å². The second kappa shape index (κ2) is 5.78. The molecule has 96 valence electrons. The van der Waals surface area contributed by atoms with Gasteiger partial charge in [-0.1, -0.05) is 0 Å². The molecule has 0 bridgehead atoms. The third-order valence-electron chi connectivity index (χ3n) is 2.08. The fourth-order valence-corrected chi connectivity index (χ4v) is 1.44. The summed E-state index contributed by atoms with van der Waals surface area (Å²) < 4.78 is 37.2. The van der Waals surface area contributed by atoms with Gasteiger partial charge < -0.3 is 5.32 Å². The summed E-state index contributed by atoms with van der Waals surface area (Å²) in [5, 5.41) is 11.1. The lowest BCUT2D eigenvalue weighted by Gasteiger charge is -2.10. The van der Waals surface area contributed by atoms with Gasteiger partial charge in [0.15, 0.2) is 0 Å². The van der Waals surface area contributed by atoms with E-state index in [1.165, 1.54) is 0 Å². The average Bonchev–Trinajstić information content (AvgIpc) is 2.28. The molecule has 0 unspecified atom stereocenters. The molecule has 1 aromatic carbocycles. The van der Waals surface area contributed by atoms with Crippen LogP contribution < -0.4 is 5.32 Å². The van der Waals surface area contributed by atoms with Crippen molar-refractivity contribution in [1.29, 1.82) is 5.26 Å². The van der Waals surface area contributed by atoms with Crippen LogP contribution in [0.2, 0.25) is 0 Å². The summed E-state index contributed by atoms with van der Waals surface area (Å²) in [5.74, 6) is -0.0878. The number of hydrogen-bond donors (Lipinski definition) is 2. The molecule has 0 aromatic heterocycles. The van der Waals surface area contributed by atoms with Crippen LogP contribution in [0.5, 0.6) is 0 Å². The van der Waals surface area contributed by atoms with E-state index in [-0.39, 0.29) is 17.7 Å². The Morgan fingerprint density at radius 1 is 1.44 bits per heavy atom. The lowest BCUT2D eigenvalue weighted by atomic mass is 10.1. The second-order valence-electron chi connectivity index (χ2n) is 3.39. The normalized spacial score (nSPS) is 10.8. The van der Waals surface area contributed by atoms with Crippen molar-refractivity contribution in [2.45, 2.75) is 12.6 Å². The van der Waals surface area contributed by atoms with Gasteiger partial charge in [-0.15, -0.1) is 0 Å². The maximum Gasteiger partial charge on any atom is 0.416 e. The van der Waals surface area contributed by atoms with Gasteiger partial charge in [0.2, 0.25) is 5.91 Å². The molecule has 18 heavy (non-hydrogen) atoms. The molecule has 0 saturated heterocycles. The van der Waals surface area contributed by atoms with E-state index in [4.69, 9.17) is 5.26 Å². The van der Waals surface area contributed by atoms with Gasteiger partial charge in [0, 0.05) is 6.42 Å². The molecule has 7 heteroatoms. The monoisotopic (exact) mass is 274 g/mol. The number of nitrogens with one attached hydrogen (secondary N) is 1. The molecule has 3 nitrogen and oxygen atoms in total. The van der Waals surface area contributed by atoms with Gasteiger partial charge in [-0.2, -0.15) is 31.1 Å². The van der Waals surface area contributed by atoms with Crippen molar-refractivity contribution >= 4 is 24.2 Å². The highest BCUT2D eigenvalue weighted by Gasteiger charge is 2.31. The molecule has 0 spiro atoms. The first-order chi connectivity index (χ1) is 8.38. The van der Waals surface area contributed by atoms with Crippen LogP contribution in [0.3, 0.4) is 0 Å². The van der Waals surface area contributed by atoms with Crippen LogP contribution >= 0.6 is 12.6 Å². The van der Waals surface area contributed by atoms with Crippen LogP contribution in [0.25, 0.3) is 0 Å². The highest BCUT2D eigenvalue weighted by molar-refractivity contribution is 7.80. The summed E-state index contributed by atoms with van der Waals surface area (Å²) in [6.07, 6.45) is -4.39. The SMILES string of the molecule is N#Cc1cc(C(F)(F)F)ccc1NC(=O)CCS. The van der Waals surface area contributed by atoms with Gasteiger partial charge in [0.1, 0.15) is 6.07 Å². The number of carbonyl (C=O) groups is 1. The third-order valence-corrected chi connectivity index (χ3v) is 2.30. The number of thiol groups is 1. The smallest absolute Gasteiger partial charge is 0.325 e. The fourth-order valence-electron chi connectivity index (χ4n) is 1.24. The largest absolute Gasteiger partial charge is 0.416 e. The summed E-state index contributed by atoms with van der Waals surface area (Å²) in [6.45, 7) is 0. The Morgan fingerprint density at radius 2 is 2.11 bits per heavy atom. The third kappa shape index (κ3) is 3.67. The molecular weight excluding hydrogens is 265 g/mol. The molecular formula is C11H9F3N2OS. The Balaban J connectivity index is 3.02. The van der Waals surface area contributed by atoms with E-state index in [0.717, 1.165) is 12.1 Å². The molecule has 0 heterocycles. The predicted molar refractivity (Wildman–Crippen MR) is 63.3 cm³/mol. The second-order valence-corrected chi connectivity index (χ2v) is 3.84. The quantitative estimate of drug-likeness (QED) is 0.833. The molecule has 0 radical (unpaired) electrons. The molecule has 0 aliphatic rings. The van der Waals surface area contributed by atoms with E-state index in [1.54, 1.807) is 6.07 Å². The van der Waals surface area contributed by atoms with Crippen molar-refractivity contribution in [3.05, 3.63) is 29.3 Å². The summed E-state index contributed by atoms with van der Waals surface area (Å²) in [7, 11) is 0. The molecule has 0 fully saturated rings.